The molecule has 0 bridgehead atoms. The van der Waals surface area contributed by atoms with Crippen LogP contribution in [0.2, 0.25) is 0 Å². The quantitative estimate of drug-likeness (QED) is 0.278. The van der Waals surface area contributed by atoms with E-state index < -0.39 is 23.4 Å². The average molecular weight is 437 g/mol. The number of hydrogen-bond acceptors (Lipinski definition) is 6. The maximum atomic E-state index is 11.7. The third-order valence-electron chi connectivity index (χ3n) is 3.32. The van der Waals surface area contributed by atoms with Crippen LogP contribution in [-0.2, 0) is 14.3 Å². The molecule has 0 radical (unpaired) electrons. The zero-order valence-electron chi connectivity index (χ0n) is 14.2. The number of benzene rings is 2. The van der Waals surface area contributed by atoms with E-state index in [-0.39, 0.29) is 12.1 Å². The molecule has 0 aromatic heterocycles. The summed E-state index contributed by atoms with van der Waals surface area (Å²) in [5.74, 6) is -0.338. The molecule has 0 saturated heterocycles. The number of nitro groups is 1. The van der Waals surface area contributed by atoms with Crippen molar-refractivity contribution in [3.05, 3.63) is 63.1 Å². The first-order valence-electron chi connectivity index (χ1n) is 8.02. The van der Waals surface area contributed by atoms with Gasteiger partial charge in [-0.15, -0.1) is 0 Å². The highest BCUT2D eigenvalue weighted by atomic mass is 79.9. The van der Waals surface area contributed by atoms with Crippen LogP contribution in [0, 0.1) is 10.1 Å². The minimum Gasteiger partial charge on any atom is -0.494 e. The number of ether oxygens (including phenoxy) is 2. The van der Waals surface area contributed by atoms with Crippen molar-refractivity contribution >= 4 is 39.2 Å². The van der Waals surface area contributed by atoms with Gasteiger partial charge in [0.2, 0.25) is 0 Å². The molecule has 0 atom stereocenters. The van der Waals surface area contributed by atoms with Gasteiger partial charge in [-0.05, 0) is 36.8 Å². The second-order valence-corrected chi connectivity index (χ2v) is 6.34. The molecule has 0 aliphatic carbocycles. The molecule has 0 fully saturated rings. The van der Waals surface area contributed by atoms with Crippen molar-refractivity contribution in [1.29, 1.82) is 0 Å². The molecular weight excluding hydrogens is 420 g/mol. The molecule has 27 heavy (non-hydrogen) atoms. The van der Waals surface area contributed by atoms with E-state index in [2.05, 4.69) is 21.2 Å². The van der Waals surface area contributed by atoms with Gasteiger partial charge < -0.3 is 14.8 Å². The smallest absolute Gasteiger partial charge is 0.306 e. The maximum absolute atomic E-state index is 11.7. The number of nitrogens with zero attached hydrogens (tertiary/aromatic N) is 1. The molecule has 1 N–H and O–H groups in total. The monoisotopic (exact) mass is 436 g/mol. The summed E-state index contributed by atoms with van der Waals surface area (Å²) in [6, 6.07) is 12.7. The van der Waals surface area contributed by atoms with Crippen LogP contribution >= 0.6 is 15.9 Å². The van der Waals surface area contributed by atoms with Gasteiger partial charge in [0.05, 0.1) is 11.5 Å². The Labute approximate surface area is 163 Å². The number of carbonyl (C=O) groups is 2. The summed E-state index contributed by atoms with van der Waals surface area (Å²) in [7, 11) is 0. The highest BCUT2D eigenvalue weighted by Crippen LogP contribution is 2.18. The molecule has 0 aliphatic heterocycles. The van der Waals surface area contributed by atoms with Gasteiger partial charge in [-0.25, -0.2) is 0 Å². The molecule has 142 valence electrons. The molecule has 0 unspecified atom stereocenters. The Balaban J connectivity index is 1.63. The first kappa shape index (κ1) is 20.4. The summed E-state index contributed by atoms with van der Waals surface area (Å²) in [4.78, 5) is 33.4. The zero-order chi connectivity index (χ0) is 19.6. The minimum absolute atomic E-state index is 0.0792. The summed E-state index contributed by atoms with van der Waals surface area (Å²) < 4.78 is 11.3. The van der Waals surface area contributed by atoms with Crippen molar-refractivity contribution in [2.24, 2.45) is 0 Å². The molecule has 0 aliphatic rings. The number of carbonyl (C=O) groups excluding carboxylic acids is 2. The third-order valence-corrected chi connectivity index (χ3v) is 3.81. The van der Waals surface area contributed by atoms with Gasteiger partial charge in [0, 0.05) is 28.7 Å². The highest BCUT2D eigenvalue weighted by molar-refractivity contribution is 9.10. The topological polar surface area (TPSA) is 108 Å². The van der Waals surface area contributed by atoms with E-state index in [0.717, 1.165) is 4.47 Å². The Morgan fingerprint density at radius 2 is 1.89 bits per heavy atom. The van der Waals surface area contributed by atoms with Gasteiger partial charge in [-0.3, -0.25) is 19.7 Å². The second-order valence-electron chi connectivity index (χ2n) is 5.42. The predicted molar refractivity (Wildman–Crippen MR) is 102 cm³/mol. The Bertz CT molecular complexity index is 810. The van der Waals surface area contributed by atoms with Crippen molar-refractivity contribution in [1.82, 2.24) is 0 Å². The standard InChI is InChI=1S/C18H17BrN2O6/c19-13-3-1-4-16(11-13)26-10-2-5-18(23)27-12-17(22)20-14-6-8-15(9-7-14)21(24)25/h1,3-4,6-9,11H,2,5,10,12H2,(H,20,22). The number of hydrogen-bond donors (Lipinski definition) is 1. The molecule has 0 saturated carbocycles. The average Bonchev–Trinajstić information content (AvgIpc) is 2.64. The van der Waals surface area contributed by atoms with Crippen LogP contribution in [0.5, 0.6) is 5.75 Å². The van der Waals surface area contributed by atoms with Gasteiger partial charge in [0.1, 0.15) is 5.75 Å². The molecule has 0 spiro atoms. The molecule has 2 rings (SSSR count). The number of non-ortho nitro benzene ring substituents is 1. The highest BCUT2D eigenvalue weighted by Gasteiger charge is 2.09. The van der Waals surface area contributed by atoms with Crippen LogP contribution in [0.3, 0.4) is 0 Å². The molecule has 9 heteroatoms. The summed E-state index contributed by atoms with van der Waals surface area (Å²) in [5.41, 5.74) is 0.300. The minimum atomic E-state index is -0.534. The van der Waals surface area contributed by atoms with Crippen molar-refractivity contribution in [2.75, 3.05) is 18.5 Å². The summed E-state index contributed by atoms with van der Waals surface area (Å²) in [5, 5.41) is 13.1. The number of anilines is 1. The van der Waals surface area contributed by atoms with Gasteiger partial charge in [0.15, 0.2) is 6.61 Å². The van der Waals surface area contributed by atoms with E-state index in [1.807, 2.05) is 24.3 Å². The zero-order valence-corrected chi connectivity index (χ0v) is 15.8. The van der Waals surface area contributed by atoms with Crippen molar-refractivity contribution in [3.63, 3.8) is 0 Å². The maximum Gasteiger partial charge on any atom is 0.306 e. The van der Waals surface area contributed by atoms with Gasteiger partial charge in [0.25, 0.3) is 11.6 Å². The lowest BCUT2D eigenvalue weighted by molar-refractivity contribution is -0.384. The number of amides is 1. The van der Waals surface area contributed by atoms with E-state index in [1.165, 1.54) is 24.3 Å². The fourth-order valence-electron chi connectivity index (χ4n) is 2.05. The fourth-order valence-corrected chi connectivity index (χ4v) is 2.42. The molecule has 1 amide bonds. The van der Waals surface area contributed by atoms with Crippen LogP contribution < -0.4 is 10.1 Å². The third kappa shape index (κ3) is 7.45. The Morgan fingerprint density at radius 3 is 2.56 bits per heavy atom. The van der Waals surface area contributed by atoms with Crippen LogP contribution in [0.25, 0.3) is 0 Å². The van der Waals surface area contributed by atoms with Crippen LogP contribution in [0.15, 0.2) is 53.0 Å². The van der Waals surface area contributed by atoms with E-state index >= 15 is 0 Å². The molecule has 0 heterocycles. The van der Waals surface area contributed by atoms with Crippen LogP contribution in [0.1, 0.15) is 12.8 Å². The lowest BCUT2D eigenvalue weighted by Crippen LogP contribution is -2.21. The van der Waals surface area contributed by atoms with E-state index in [9.17, 15) is 19.7 Å². The van der Waals surface area contributed by atoms with Crippen molar-refractivity contribution in [2.45, 2.75) is 12.8 Å². The van der Waals surface area contributed by atoms with Gasteiger partial charge in [-0.1, -0.05) is 22.0 Å². The largest absolute Gasteiger partial charge is 0.494 e. The van der Waals surface area contributed by atoms with E-state index in [1.54, 1.807) is 0 Å². The number of rotatable bonds is 9. The molecular formula is C18H17BrN2O6. The molecule has 2 aromatic carbocycles. The van der Waals surface area contributed by atoms with Gasteiger partial charge in [-0.2, -0.15) is 0 Å². The molecule has 8 nitrogen and oxygen atoms in total. The summed E-state index contributed by atoms with van der Waals surface area (Å²) >= 11 is 3.34. The lowest BCUT2D eigenvalue weighted by Gasteiger charge is -2.08. The van der Waals surface area contributed by atoms with Crippen molar-refractivity contribution in [3.8, 4) is 5.75 Å². The first-order valence-corrected chi connectivity index (χ1v) is 8.81. The second kappa shape index (κ2) is 10.3. The summed E-state index contributed by atoms with van der Waals surface area (Å²) in [6.45, 7) is -0.0805. The Kier molecular flexibility index (Phi) is 7.75. The molecule has 2 aromatic rings. The van der Waals surface area contributed by atoms with Gasteiger partial charge >= 0.3 is 5.97 Å². The lowest BCUT2D eigenvalue weighted by atomic mass is 10.3. The SMILES string of the molecule is O=C(COC(=O)CCCOc1cccc(Br)c1)Nc1ccc([N+](=O)[O-])cc1. The predicted octanol–water partition coefficient (Wildman–Crippen LogP) is 3.70. The van der Waals surface area contributed by atoms with Crippen LogP contribution in [0.4, 0.5) is 11.4 Å². The Hall–Kier alpha value is -2.94. The first-order chi connectivity index (χ1) is 12.9. The van der Waals surface area contributed by atoms with Crippen molar-refractivity contribution < 1.29 is 24.0 Å². The normalized spacial score (nSPS) is 10.1. The van der Waals surface area contributed by atoms with E-state index in [0.29, 0.717) is 24.5 Å². The number of halogens is 1. The van der Waals surface area contributed by atoms with E-state index in [4.69, 9.17) is 9.47 Å². The number of nitrogens with one attached hydrogen (secondary N) is 1. The number of nitro benzene ring substituents is 1. The Morgan fingerprint density at radius 1 is 1.15 bits per heavy atom. The number of esters is 1. The van der Waals surface area contributed by atoms with Crippen LogP contribution in [-0.4, -0.2) is 30.0 Å². The summed E-state index contributed by atoms with van der Waals surface area (Å²) in [6.07, 6.45) is 0.578. The fraction of sp³-hybridized carbons (Fsp3) is 0.222.